The molecule has 0 spiro atoms. The van der Waals surface area contributed by atoms with Gasteiger partial charge < -0.3 is 84.6 Å². The molecular formula is C56H78N16O13. The third kappa shape index (κ3) is 20.8. The lowest BCUT2D eigenvalue weighted by molar-refractivity contribution is -0.143. The number of carbonyl (C=O) groups excluding carboxylic acids is 8. The molecule has 0 radical (unpaired) electrons. The number of amides is 8. The maximum absolute atomic E-state index is 14.9. The number of imidazole rings is 2. The quantitative estimate of drug-likeness (QED) is 0.0141. The molecule has 1 aliphatic rings. The number of nitrogens with two attached hydrogens (primary N) is 3. The molecule has 0 saturated carbocycles. The lowest BCUT2D eigenvalue weighted by Crippen LogP contribution is -2.62. The zero-order valence-electron chi connectivity index (χ0n) is 47.8. The first-order valence-electron chi connectivity index (χ1n) is 27.9. The van der Waals surface area contributed by atoms with Crippen LogP contribution in [-0.4, -0.2) is 173 Å². The maximum Gasteiger partial charge on any atom is 0.326 e. The molecule has 5 rings (SSSR count). The Morgan fingerprint density at radius 1 is 0.659 bits per heavy atom. The van der Waals surface area contributed by atoms with Gasteiger partial charge in [-0.2, -0.15) is 0 Å². The summed E-state index contributed by atoms with van der Waals surface area (Å²) >= 11 is 0. The molecule has 460 valence electrons. The van der Waals surface area contributed by atoms with Crippen LogP contribution in [-0.2, 0) is 73.6 Å². The van der Waals surface area contributed by atoms with Crippen LogP contribution in [0.5, 0.6) is 5.75 Å². The van der Waals surface area contributed by atoms with E-state index in [2.05, 4.69) is 62.1 Å². The second kappa shape index (κ2) is 32.4. The number of carbonyl (C=O) groups is 10. The fourth-order valence-electron chi connectivity index (χ4n) is 9.41. The summed E-state index contributed by atoms with van der Waals surface area (Å²) in [6.45, 7) is 6.81. The highest BCUT2D eigenvalue weighted by Crippen LogP contribution is 2.22. The van der Waals surface area contributed by atoms with Gasteiger partial charge >= 0.3 is 11.9 Å². The van der Waals surface area contributed by atoms with E-state index in [0.717, 1.165) is 0 Å². The van der Waals surface area contributed by atoms with Crippen molar-refractivity contribution in [1.82, 2.24) is 62.1 Å². The summed E-state index contributed by atoms with van der Waals surface area (Å²) in [6, 6.07) is 2.25. The summed E-state index contributed by atoms with van der Waals surface area (Å²) in [4.78, 5) is 157. The molecule has 0 bridgehead atoms. The predicted octanol–water partition coefficient (Wildman–Crippen LogP) is -1.86. The third-order valence-corrected chi connectivity index (χ3v) is 14.3. The topological polar surface area (TPSA) is 467 Å². The number of hydrogen-bond acceptors (Lipinski definition) is 15. The number of phenols is 1. The number of nitrogens with one attached hydrogen (secondary N) is 9. The van der Waals surface area contributed by atoms with Gasteiger partial charge in [-0.15, -0.1) is 0 Å². The molecule has 29 nitrogen and oxygen atoms in total. The first-order valence-corrected chi connectivity index (χ1v) is 27.9. The number of aromatic hydroxyl groups is 1. The predicted molar refractivity (Wildman–Crippen MR) is 307 cm³/mol. The molecule has 3 heterocycles. The van der Waals surface area contributed by atoms with Crippen molar-refractivity contribution in [2.75, 3.05) is 13.1 Å². The Bertz CT molecular complexity index is 2920. The number of rotatable bonds is 33. The van der Waals surface area contributed by atoms with Gasteiger partial charge in [0.1, 0.15) is 54.1 Å². The second-order valence-electron chi connectivity index (χ2n) is 21.2. The number of benzene rings is 2. The van der Waals surface area contributed by atoms with Crippen LogP contribution < -0.4 is 54.4 Å². The molecule has 2 aromatic carbocycles. The van der Waals surface area contributed by atoms with Gasteiger partial charge in [-0.3, -0.25) is 48.1 Å². The normalized spacial score (nSPS) is 16.1. The minimum absolute atomic E-state index is 0.0369. The number of guanidine groups is 1. The maximum atomic E-state index is 14.9. The fourth-order valence-corrected chi connectivity index (χ4v) is 9.41. The number of aromatic nitrogens is 4. The van der Waals surface area contributed by atoms with Crippen molar-refractivity contribution in [3.05, 3.63) is 102 Å². The highest BCUT2D eigenvalue weighted by atomic mass is 16.4. The molecule has 2 aromatic heterocycles. The number of aliphatic carboxylic acids is 2. The van der Waals surface area contributed by atoms with Crippen LogP contribution in [0.2, 0.25) is 0 Å². The molecule has 85 heavy (non-hydrogen) atoms. The van der Waals surface area contributed by atoms with E-state index in [1.807, 2.05) is 0 Å². The van der Waals surface area contributed by atoms with Crippen molar-refractivity contribution < 1.29 is 63.3 Å². The number of hydrogen-bond donors (Lipinski definition) is 15. The Hall–Kier alpha value is -9.41. The minimum atomic E-state index is -1.52. The number of carboxylic acid groups (broad SMARTS) is 2. The van der Waals surface area contributed by atoms with Crippen molar-refractivity contribution >= 4 is 65.2 Å². The van der Waals surface area contributed by atoms with Gasteiger partial charge in [-0.1, -0.05) is 76.6 Å². The van der Waals surface area contributed by atoms with E-state index in [4.69, 9.17) is 17.2 Å². The monoisotopic (exact) mass is 1180 g/mol. The number of aliphatic imine (C=N–C) groups is 1. The molecule has 1 saturated heterocycles. The second-order valence-corrected chi connectivity index (χ2v) is 21.2. The minimum Gasteiger partial charge on any atom is -0.508 e. The lowest BCUT2D eigenvalue weighted by Gasteiger charge is -2.32. The van der Waals surface area contributed by atoms with Crippen LogP contribution in [0.25, 0.3) is 0 Å². The van der Waals surface area contributed by atoms with Gasteiger partial charge in [-0.05, 0) is 60.8 Å². The van der Waals surface area contributed by atoms with Crippen molar-refractivity contribution in [1.29, 1.82) is 0 Å². The van der Waals surface area contributed by atoms with E-state index in [0.29, 0.717) is 35.4 Å². The molecule has 0 unspecified atom stereocenters. The fraction of sp³-hybridized carbons (Fsp3) is 0.482. The van der Waals surface area contributed by atoms with Gasteiger partial charge in [0.2, 0.25) is 47.3 Å². The molecular weight excluding hydrogens is 1100 g/mol. The van der Waals surface area contributed by atoms with Crippen molar-refractivity contribution in [3.63, 3.8) is 0 Å². The number of phenolic OH excluding ortho intramolecular Hbond substituents is 1. The number of H-pyrrole nitrogens is 2. The summed E-state index contributed by atoms with van der Waals surface area (Å²) in [7, 11) is 0. The van der Waals surface area contributed by atoms with Crippen LogP contribution in [0, 0.1) is 11.8 Å². The molecule has 8 amide bonds. The zero-order chi connectivity index (χ0) is 62.3. The van der Waals surface area contributed by atoms with Crippen molar-refractivity contribution in [2.45, 2.75) is 146 Å². The van der Waals surface area contributed by atoms with E-state index in [1.54, 1.807) is 58.0 Å². The number of carboxylic acids is 2. The van der Waals surface area contributed by atoms with Gasteiger partial charge in [-0.25, -0.2) is 14.8 Å². The van der Waals surface area contributed by atoms with E-state index >= 15 is 0 Å². The molecule has 18 N–H and O–H groups in total. The van der Waals surface area contributed by atoms with Crippen LogP contribution in [0.1, 0.15) is 88.7 Å². The average molecular weight is 1180 g/mol. The highest BCUT2D eigenvalue weighted by Gasteiger charge is 2.41. The largest absolute Gasteiger partial charge is 0.508 e. The van der Waals surface area contributed by atoms with Crippen LogP contribution in [0.15, 0.2) is 84.6 Å². The average Bonchev–Trinajstić information content (AvgIpc) is 4.24. The van der Waals surface area contributed by atoms with E-state index in [1.165, 1.54) is 54.2 Å². The molecule has 29 heteroatoms. The van der Waals surface area contributed by atoms with Crippen LogP contribution in [0.4, 0.5) is 0 Å². The van der Waals surface area contributed by atoms with Gasteiger partial charge in [0.05, 0.1) is 25.1 Å². The summed E-state index contributed by atoms with van der Waals surface area (Å²) < 4.78 is 0. The summed E-state index contributed by atoms with van der Waals surface area (Å²) in [5, 5.41) is 48.0. The zero-order valence-corrected chi connectivity index (χ0v) is 47.8. The third-order valence-electron chi connectivity index (χ3n) is 14.3. The Morgan fingerprint density at radius 3 is 1.75 bits per heavy atom. The summed E-state index contributed by atoms with van der Waals surface area (Å²) in [6.07, 6.45) is 5.29. The highest BCUT2D eigenvalue weighted by molar-refractivity contribution is 5.99. The molecule has 1 fully saturated rings. The standard InChI is InChI=1S/C56H78N16O13/c1-5-31(4)46(71-50(79)40(22-33-15-17-36(73)18-16-33)67-52(81)45(30(2)3)70-48(77)38(13-9-19-62-56(58)59)65-47(76)37(57)25-44(74)75)53(82)68-41(23-34-26-60-28-63-34)54(83)72-20-10-14-43(72)51(80)66-39(21-32-11-7-6-8-12-32)49(78)69-42(55(84)85)24-35-27-61-29-64-35/h6-8,11-12,15-18,26-31,37-43,45-46,73H,5,9-10,13-14,19-25,57H2,1-4H3,(H,60,63)(H,61,64)(H,65,76)(H,66,80)(H,67,81)(H,68,82)(H,69,78)(H,70,77)(H,71,79)(H,74,75)(H,84,85)(H4,58,59,62)/t31-,37+,38+,39+,40+,41+,42+,43-,45+,46+/m1/s1. The molecule has 10 atom stereocenters. The van der Waals surface area contributed by atoms with Crippen molar-refractivity contribution in [2.24, 2.45) is 34.0 Å². The summed E-state index contributed by atoms with van der Waals surface area (Å²) in [5.74, 6) is -10.7. The van der Waals surface area contributed by atoms with Crippen LogP contribution >= 0.6 is 0 Å². The smallest absolute Gasteiger partial charge is 0.326 e. The Morgan fingerprint density at radius 2 is 1.19 bits per heavy atom. The SMILES string of the molecule is CC[C@@H](C)[C@H](NC(=O)[C@H](Cc1ccc(O)cc1)NC(=O)[C@@H](NC(=O)[C@H](CCCN=C(N)N)NC(=O)[C@@H](N)CC(=O)O)C(C)C)C(=O)N[C@@H](Cc1cnc[nH]1)C(=O)N1CCC[C@@H]1C(=O)N[C@@H](Cc1ccccc1)C(=O)N[C@@H](Cc1cnc[nH]1)C(=O)O. The Labute approximate surface area is 490 Å². The van der Waals surface area contributed by atoms with Crippen LogP contribution in [0.3, 0.4) is 0 Å². The van der Waals surface area contributed by atoms with Gasteiger partial charge in [0.15, 0.2) is 5.96 Å². The first kappa shape index (κ1) is 66.4. The first-order chi connectivity index (χ1) is 40.4. The van der Waals surface area contributed by atoms with E-state index < -0.39 is 132 Å². The van der Waals surface area contributed by atoms with Crippen molar-refractivity contribution in [3.8, 4) is 5.75 Å². The number of aromatic amines is 2. The van der Waals surface area contributed by atoms with E-state index in [9.17, 15) is 63.3 Å². The van der Waals surface area contributed by atoms with E-state index in [-0.39, 0.29) is 69.7 Å². The van der Waals surface area contributed by atoms with Gasteiger partial charge in [0, 0.05) is 62.6 Å². The molecule has 1 aliphatic heterocycles. The molecule has 4 aromatic rings. The lowest BCUT2D eigenvalue weighted by atomic mass is 9.96. The Balaban J connectivity index is 1.38. The number of likely N-dealkylation sites (tertiary alicyclic amines) is 1. The number of nitrogens with zero attached hydrogens (tertiary/aromatic N) is 4. The Kier molecular flexibility index (Phi) is 25.3. The van der Waals surface area contributed by atoms with Gasteiger partial charge in [0.25, 0.3) is 0 Å². The molecule has 0 aliphatic carbocycles. The summed E-state index contributed by atoms with van der Waals surface area (Å²) in [5.41, 5.74) is 18.7.